The lowest BCUT2D eigenvalue weighted by Crippen LogP contribution is -2.50. The molecule has 1 fully saturated rings. The number of benzene rings is 2. The Balaban J connectivity index is 1.87. The molecule has 1 unspecified atom stereocenters. The van der Waals surface area contributed by atoms with E-state index >= 15 is 0 Å². The highest BCUT2D eigenvalue weighted by atomic mass is 35.5. The van der Waals surface area contributed by atoms with E-state index in [2.05, 4.69) is 5.32 Å². The Labute approximate surface area is 164 Å². The average Bonchev–Trinajstić information content (AvgIpc) is 3.17. The van der Waals surface area contributed by atoms with Crippen molar-refractivity contribution >= 4 is 23.2 Å². The van der Waals surface area contributed by atoms with E-state index in [0.717, 1.165) is 36.8 Å². The normalized spacial score (nSPS) is 16.5. The molecule has 0 saturated heterocycles. The second kappa shape index (κ2) is 8.12. The van der Waals surface area contributed by atoms with E-state index in [1.165, 1.54) is 0 Å². The number of nitrogens with zero attached hydrogens (tertiary/aromatic N) is 1. The number of amides is 1. The molecule has 1 atom stereocenters. The number of carbonyl (C=O) groups excluding carboxylic acids is 1. The van der Waals surface area contributed by atoms with Crippen LogP contribution in [0, 0.1) is 24.2 Å². The van der Waals surface area contributed by atoms with Gasteiger partial charge in [-0.2, -0.15) is 5.26 Å². The summed E-state index contributed by atoms with van der Waals surface area (Å²) in [6.07, 6.45) is 4.00. The monoisotopic (exact) mass is 382 g/mol. The quantitative estimate of drug-likeness (QED) is 0.792. The highest BCUT2D eigenvalue weighted by molar-refractivity contribution is 6.32. The van der Waals surface area contributed by atoms with E-state index in [9.17, 15) is 9.90 Å². The lowest BCUT2D eigenvalue weighted by Gasteiger charge is -2.33. The highest BCUT2D eigenvalue weighted by Crippen LogP contribution is 2.37. The van der Waals surface area contributed by atoms with E-state index in [4.69, 9.17) is 16.9 Å². The molecule has 0 spiro atoms. The molecule has 1 aliphatic carbocycles. The van der Waals surface area contributed by atoms with Gasteiger partial charge in [0, 0.05) is 12.1 Å². The first kappa shape index (κ1) is 19.4. The van der Waals surface area contributed by atoms with Gasteiger partial charge in [0.05, 0.1) is 10.6 Å². The number of hydrogen-bond acceptors (Lipinski definition) is 3. The number of hydrogen-bond donors (Lipinski definition) is 2. The van der Waals surface area contributed by atoms with Crippen molar-refractivity contribution in [3.63, 3.8) is 0 Å². The third kappa shape index (κ3) is 4.32. The minimum Gasteiger partial charge on any atom is -0.379 e. The van der Waals surface area contributed by atoms with E-state index in [-0.39, 0.29) is 17.4 Å². The topological polar surface area (TPSA) is 73.1 Å². The zero-order chi connectivity index (χ0) is 19.4. The largest absolute Gasteiger partial charge is 0.379 e. The van der Waals surface area contributed by atoms with E-state index in [1.54, 1.807) is 18.2 Å². The van der Waals surface area contributed by atoms with Crippen LogP contribution in [0.15, 0.2) is 42.5 Å². The van der Waals surface area contributed by atoms with Gasteiger partial charge < -0.3 is 10.4 Å². The van der Waals surface area contributed by atoms with E-state index in [0.29, 0.717) is 11.3 Å². The molecule has 2 aromatic rings. The Morgan fingerprint density at radius 3 is 2.67 bits per heavy atom. The first-order valence-electron chi connectivity index (χ1n) is 9.21. The molecule has 0 aliphatic heterocycles. The molecule has 0 heterocycles. The molecular weight excluding hydrogens is 360 g/mol. The standard InChI is InChI=1S/C22H23ClN2O2/c1-15-5-4-6-16(11-15)13-22(27,18-7-2-3-8-18)21(26)25-19-10-9-17(14-24)20(23)12-19/h4-6,9-12,18,27H,2-3,7-8,13H2,1H3,(H,25,26). The Morgan fingerprint density at radius 1 is 1.30 bits per heavy atom. The third-order valence-corrected chi connectivity index (χ3v) is 5.64. The number of anilines is 1. The second-order valence-corrected chi connectivity index (χ2v) is 7.74. The smallest absolute Gasteiger partial charge is 0.256 e. The molecule has 5 heteroatoms. The first-order valence-corrected chi connectivity index (χ1v) is 9.59. The summed E-state index contributed by atoms with van der Waals surface area (Å²) in [4.78, 5) is 13.1. The van der Waals surface area contributed by atoms with Crippen LogP contribution in [0.5, 0.6) is 0 Å². The summed E-state index contributed by atoms with van der Waals surface area (Å²) in [5.41, 5.74) is 1.38. The molecule has 1 saturated carbocycles. The van der Waals surface area contributed by atoms with Crippen LogP contribution in [-0.4, -0.2) is 16.6 Å². The molecule has 3 rings (SSSR count). The number of aryl methyl sites for hydroxylation is 1. The molecule has 4 nitrogen and oxygen atoms in total. The fraction of sp³-hybridized carbons (Fsp3) is 0.364. The predicted molar refractivity (Wildman–Crippen MR) is 107 cm³/mol. The Morgan fingerprint density at radius 2 is 2.04 bits per heavy atom. The fourth-order valence-electron chi connectivity index (χ4n) is 3.87. The highest BCUT2D eigenvalue weighted by Gasteiger charge is 2.45. The van der Waals surface area contributed by atoms with Crippen LogP contribution >= 0.6 is 11.6 Å². The third-order valence-electron chi connectivity index (χ3n) is 5.33. The van der Waals surface area contributed by atoms with Crippen LogP contribution < -0.4 is 5.32 Å². The minimum atomic E-state index is -1.48. The Kier molecular flexibility index (Phi) is 5.84. The summed E-state index contributed by atoms with van der Waals surface area (Å²) < 4.78 is 0. The van der Waals surface area contributed by atoms with Crippen molar-refractivity contribution in [3.05, 3.63) is 64.2 Å². The second-order valence-electron chi connectivity index (χ2n) is 7.33. The summed E-state index contributed by atoms with van der Waals surface area (Å²) in [7, 11) is 0. The summed E-state index contributed by atoms with van der Waals surface area (Å²) in [5, 5.41) is 23.5. The van der Waals surface area contributed by atoms with E-state index in [1.807, 2.05) is 37.3 Å². The lowest BCUT2D eigenvalue weighted by atomic mass is 9.80. The summed E-state index contributed by atoms with van der Waals surface area (Å²) in [5.74, 6) is -0.497. The number of carbonyl (C=O) groups is 1. The molecule has 1 aliphatic rings. The first-order chi connectivity index (χ1) is 12.9. The number of nitriles is 1. The Bertz CT molecular complexity index is 884. The van der Waals surface area contributed by atoms with Crippen LogP contribution in [0.4, 0.5) is 5.69 Å². The van der Waals surface area contributed by atoms with Crippen molar-refractivity contribution in [2.45, 2.75) is 44.6 Å². The van der Waals surface area contributed by atoms with Crippen molar-refractivity contribution < 1.29 is 9.90 Å². The molecule has 0 bridgehead atoms. The Hall–Kier alpha value is -2.35. The molecular formula is C22H23ClN2O2. The molecule has 1 amide bonds. The number of aliphatic hydroxyl groups is 1. The van der Waals surface area contributed by atoms with Crippen LogP contribution in [0.2, 0.25) is 5.02 Å². The van der Waals surface area contributed by atoms with Crippen molar-refractivity contribution in [3.8, 4) is 6.07 Å². The zero-order valence-electron chi connectivity index (χ0n) is 15.3. The number of halogens is 1. The van der Waals surface area contributed by atoms with Gasteiger partial charge in [0.15, 0.2) is 0 Å². The van der Waals surface area contributed by atoms with Gasteiger partial charge in [-0.05, 0) is 49.4 Å². The van der Waals surface area contributed by atoms with Gasteiger partial charge in [0.2, 0.25) is 0 Å². The molecule has 0 aromatic heterocycles. The molecule has 0 radical (unpaired) electrons. The maximum absolute atomic E-state index is 13.1. The van der Waals surface area contributed by atoms with Gasteiger partial charge >= 0.3 is 0 Å². The van der Waals surface area contributed by atoms with Crippen molar-refractivity contribution in [1.29, 1.82) is 5.26 Å². The maximum atomic E-state index is 13.1. The van der Waals surface area contributed by atoms with Gasteiger partial charge in [0.25, 0.3) is 5.91 Å². The predicted octanol–water partition coefficient (Wildman–Crippen LogP) is 4.62. The average molecular weight is 383 g/mol. The maximum Gasteiger partial charge on any atom is 0.256 e. The molecule has 2 aromatic carbocycles. The fourth-order valence-corrected chi connectivity index (χ4v) is 4.09. The molecule has 27 heavy (non-hydrogen) atoms. The van der Waals surface area contributed by atoms with Gasteiger partial charge in [-0.3, -0.25) is 4.79 Å². The van der Waals surface area contributed by atoms with Gasteiger partial charge in [0.1, 0.15) is 11.7 Å². The zero-order valence-corrected chi connectivity index (χ0v) is 16.1. The van der Waals surface area contributed by atoms with Crippen LogP contribution in [0.25, 0.3) is 0 Å². The van der Waals surface area contributed by atoms with Gasteiger partial charge in [-0.1, -0.05) is 54.3 Å². The number of nitrogens with one attached hydrogen (secondary N) is 1. The van der Waals surface area contributed by atoms with Gasteiger partial charge in [-0.25, -0.2) is 0 Å². The van der Waals surface area contributed by atoms with Crippen LogP contribution in [0.3, 0.4) is 0 Å². The number of rotatable bonds is 5. The van der Waals surface area contributed by atoms with Crippen LogP contribution in [0.1, 0.15) is 42.4 Å². The van der Waals surface area contributed by atoms with Crippen molar-refractivity contribution in [2.75, 3.05) is 5.32 Å². The van der Waals surface area contributed by atoms with Crippen molar-refractivity contribution in [2.24, 2.45) is 5.92 Å². The summed E-state index contributed by atoms with van der Waals surface area (Å²) in [6.45, 7) is 2.00. The summed E-state index contributed by atoms with van der Waals surface area (Å²) in [6, 6.07) is 14.6. The SMILES string of the molecule is Cc1cccc(CC(O)(C(=O)Nc2ccc(C#N)c(Cl)c2)C2CCCC2)c1. The van der Waals surface area contributed by atoms with E-state index < -0.39 is 11.5 Å². The molecule has 140 valence electrons. The molecule has 2 N–H and O–H groups in total. The van der Waals surface area contributed by atoms with Crippen LogP contribution in [-0.2, 0) is 11.2 Å². The lowest BCUT2D eigenvalue weighted by molar-refractivity contribution is -0.139. The van der Waals surface area contributed by atoms with Crippen molar-refractivity contribution in [1.82, 2.24) is 0 Å². The van der Waals surface area contributed by atoms with Gasteiger partial charge in [-0.15, -0.1) is 0 Å². The summed E-state index contributed by atoms with van der Waals surface area (Å²) >= 11 is 6.07. The minimum absolute atomic E-state index is 0.0770.